The van der Waals surface area contributed by atoms with Crippen LogP contribution in [0.4, 0.5) is 4.79 Å². The third kappa shape index (κ3) is 4.63. The zero-order valence-electron chi connectivity index (χ0n) is 10.8. The summed E-state index contributed by atoms with van der Waals surface area (Å²) in [4.78, 5) is 11.4. The van der Waals surface area contributed by atoms with Gasteiger partial charge >= 0.3 is 6.03 Å². The Balaban J connectivity index is 2.39. The number of ether oxygens (including phenoxy) is 1. The predicted octanol–water partition coefficient (Wildman–Crippen LogP) is 1.19. The molecule has 0 aromatic heterocycles. The molecule has 0 bridgehead atoms. The Morgan fingerprint density at radius 3 is 2.78 bits per heavy atom. The first-order valence-electron chi connectivity index (χ1n) is 5.93. The molecule has 0 aliphatic carbocycles. The normalized spacial score (nSPS) is 9.94. The summed E-state index contributed by atoms with van der Waals surface area (Å²) in [7, 11) is 1.63. The van der Waals surface area contributed by atoms with Crippen molar-refractivity contribution in [3.63, 3.8) is 0 Å². The third-order valence-electron chi connectivity index (χ3n) is 2.53. The molecule has 1 aromatic carbocycles. The van der Waals surface area contributed by atoms with E-state index in [1.165, 1.54) is 0 Å². The Labute approximate surface area is 107 Å². The summed E-state index contributed by atoms with van der Waals surface area (Å²) in [6.07, 6.45) is 0.565. The summed E-state index contributed by atoms with van der Waals surface area (Å²) in [5.41, 5.74) is 2.06. The SMILES string of the molecule is COc1ccc(CNC(=O)NCCCO)cc1C. The van der Waals surface area contributed by atoms with Crippen LogP contribution in [0.1, 0.15) is 17.5 Å². The van der Waals surface area contributed by atoms with E-state index in [9.17, 15) is 4.79 Å². The number of amides is 2. The second kappa shape index (κ2) is 7.55. The molecule has 100 valence electrons. The van der Waals surface area contributed by atoms with Crippen molar-refractivity contribution in [1.82, 2.24) is 10.6 Å². The maximum atomic E-state index is 11.4. The Morgan fingerprint density at radius 2 is 2.17 bits per heavy atom. The van der Waals surface area contributed by atoms with Crippen molar-refractivity contribution in [3.05, 3.63) is 29.3 Å². The highest BCUT2D eigenvalue weighted by Crippen LogP contribution is 2.18. The number of hydrogen-bond acceptors (Lipinski definition) is 3. The van der Waals surface area contributed by atoms with Crippen LogP contribution in [0.15, 0.2) is 18.2 Å². The molecule has 0 aliphatic rings. The molecule has 0 aliphatic heterocycles. The van der Waals surface area contributed by atoms with Gasteiger partial charge in [-0.3, -0.25) is 0 Å². The number of aliphatic hydroxyl groups is 1. The average molecular weight is 252 g/mol. The van der Waals surface area contributed by atoms with Gasteiger partial charge in [-0.1, -0.05) is 12.1 Å². The van der Waals surface area contributed by atoms with E-state index in [-0.39, 0.29) is 12.6 Å². The molecule has 0 saturated heterocycles. The van der Waals surface area contributed by atoms with Crippen LogP contribution in [0, 0.1) is 6.92 Å². The van der Waals surface area contributed by atoms with Crippen LogP contribution in [0.5, 0.6) is 5.75 Å². The number of rotatable bonds is 6. The van der Waals surface area contributed by atoms with Crippen LogP contribution in [0.2, 0.25) is 0 Å². The Bertz CT molecular complexity index is 394. The number of urea groups is 1. The summed E-state index contributed by atoms with van der Waals surface area (Å²) in [5, 5.41) is 14.0. The molecule has 0 spiro atoms. The fourth-order valence-electron chi connectivity index (χ4n) is 1.58. The number of carbonyl (C=O) groups excluding carboxylic acids is 1. The average Bonchev–Trinajstić information content (AvgIpc) is 2.37. The lowest BCUT2D eigenvalue weighted by molar-refractivity contribution is 0.237. The zero-order chi connectivity index (χ0) is 13.4. The van der Waals surface area contributed by atoms with Crippen LogP contribution >= 0.6 is 0 Å². The Hall–Kier alpha value is -1.75. The molecule has 5 nitrogen and oxygen atoms in total. The molecule has 0 radical (unpaired) electrons. The summed E-state index contributed by atoms with van der Waals surface area (Å²) in [5.74, 6) is 0.839. The molecule has 3 N–H and O–H groups in total. The fraction of sp³-hybridized carbons (Fsp3) is 0.462. The van der Waals surface area contributed by atoms with Gasteiger partial charge < -0.3 is 20.5 Å². The first-order valence-corrected chi connectivity index (χ1v) is 5.93. The van der Waals surface area contributed by atoms with Gasteiger partial charge in [0.25, 0.3) is 0 Å². The van der Waals surface area contributed by atoms with Gasteiger partial charge in [-0.2, -0.15) is 0 Å². The van der Waals surface area contributed by atoms with E-state index in [0.29, 0.717) is 19.5 Å². The van der Waals surface area contributed by atoms with Gasteiger partial charge in [0.1, 0.15) is 5.75 Å². The van der Waals surface area contributed by atoms with Crippen molar-refractivity contribution in [2.24, 2.45) is 0 Å². The molecule has 0 atom stereocenters. The predicted molar refractivity (Wildman–Crippen MR) is 69.7 cm³/mol. The molecular formula is C13H20N2O3. The molecular weight excluding hydrogens is 232 g/mol. The molecule has 0 saturated carbocycles. The van der Waals surface area contributed by atoms with E-state index in [4.69, 9.17) is 9.84 Å². The third-order valence-corrected chi connectivity index (χ3v) is 2.53. The molecule has 18 heavy (non-hydrogen) atoms. The van der Waals surface area contributed by atoms with Gasteiger partial charge in [0.2, 0.25) is 0 Å². The van der Waals surface area contributed by atoms with Crippen molar-refractivity contribution in [3.8, 4) is 5.75 Å². The van der Waals surface area contributed by atoms with E-state index < -0.39 is 0 Å². The minimum atomic E-state index is -0.225. The fourth-order valence-corrected chi connectivity index (χ4v) is 1.58. The number of benzene rings is 1. The second-order valence-corrected chi connectivity index (χ2v) is 3.99. The summed E-state index contributed by atoms with van der Waals surface area (Å²) >= 11 is 0. The standard InChI is InChI=1S/C13H20N2O3/c1-10-8-11(4-5-12(10)18-2)9-15-13(17)14-6-3-7-16/h4-5,8,16H,3,6-7,9H2,1-2H3,(H2,14,15,17). The molecule has 1 aromatic rings. The summed E-state index contributed by atoms with van der Waals surface area (Å²) in [6.45, 7) is 2.99. The number of methoxy groups -OCH3 is 1. The summed E-state index contributed by atoms with van der Waals surface area (Å²) < 4.78 is 5.17. The van der Waals surface area contributed by atoms with Crippen LogP contribution in [0.3, 0.4) is 0 Å². The molecule has 0 fully saturated rings. The molecule has 0 heterocycles. The highest BCUT2D eigenvalue weighted by atomic mass is 16.5. The first-order chi connectivity index (χ1) is 8.67. The highest BCUT2D eigenvalue weighted by Gasteiger charge is 2.02. The van der Waals surface area contributed by atoms with E-state index >= 15 is 0 Å². The second-order valence-electron chi connectivity index (χ2n) is 3.99. The molecule has 5 heteroatoms. The summed E-state index contributed by atoms with van der Waals surface area (Å²) in [6, 6.07) is 5.56. The number of hydrogen-bond donors (Lipinski definition) is 3. The van der Waals surface area contributed by atoms with E-state index in [1.54, 1.807) is 7.11 Å². The largest absolute Gasteiger partial charge is 0.496 e. The number of nitrogens with one attached hydrogen (secondary N) is 2. The van der Waals surface area contributed by atoms with Crippen molar-refractivity contribution >= 4 is 6.03 Å². The van der Waals surface area contributed by atoms with Crippen LogP contribution < -0.4 is 15.4 Å². The topological polar surface area (TPSA) is 70.6 Å². The Morgan fingerprint density at radius 1 is 1.39 bits per heavy atom. The van der Waals surface area contributed by atoms with E-state index in [1.807, 2.05) is 25.1 Å². The Kier molecular flexibility index (Phi) is 6.00. The van der Waals surface area contributed by atoms with Crippen LogP contribution in [-0.2, 0) is 6.54 Å². The van der Waals surface area contributed by atoms with Gasteiger partial charge in [-0.15, -0.1) is 0 Å². The van der Waals surface area contributed by atoms with Crippen molar-refractivity contribution in [2.75, 3.05) is 20.3 Å². The van der Waals surface area contributed by atoms with Crippen molar-refractivity contribution < 1.29 is 14.6 Å². The molecule has 2 amide bonds. The molecule has 0 unspecified atom stereocenters. The molecule has 1 rings (SSSR count). The zero-order valence-corrected chi connectivity index (χ0v) is 10.8. The monoisotopic (exact) mass is 252 g/mol. The lowest BCUT2D eigenvalue weighted by Crippen LogP contribution is -2.35. The van der Waals surface area contributed by atoms with Gasteiger partial charge in [0.15, 0.2) is 0 Å². The van der Waals surface area contributed by atoms with Gasteiger partial charge in [0.05, 0.1) is 7.11 Å². The highest BCUT2D eigenvalue weighted by molar-refractivity contribution is 5.73. The number of carbonyl (C=O) groups is 1. The van der Waals surface area contributed by atoms with E-state index in [2.05, 4.69) is 10.6 Å². The van der Waals surface area contributed by atoms with Crippen LogP contribution in [0.25, 0.3) is 0 Å². The lowest BCUT2D eigenvalue weighted by atomic mass is 10.1. The number of aliphatic hydroxyl groups excluding tert-OH is 1. The van der Waals surface area contributed by atoms with Crippen LogP contribution in [-0.4, -0.2) is 31.4 Å². The van der Waals surface area contributed by atoms with Crippen molar-refractivity contribution in [1.29, 1.82) is 0 Å². The van der Waals surface area contributed by atoms with Gasteiger partial charge in [-0.05, 0) is 30.5 Å². The van der Waals surface area contributed by atoms with Gasteiger partial charge in [0, 0.05) is 19.7 Å². The lowest BCUT2D eigenvalue weighted by Gasteiger charge is -2.09. The number of aryl methyl sites for hydroxylation is 1. The van der Waals surface area contributed by atoms with E-state index in [0.717, 1.165) is 16.9 Å². The quantitative estimate of drug-likeness (QED) is 0.666. The van der Waals surface area contributed by atoms with Crippen molar-refractivity contribution in [2.45, 2.75) is 19.9 Å². The maximum Gasteiger partial charge on any atom is 0.315 e. The minimum absolute atomic E-state index is 0.0813. The smallest absolute Gasteiger partial charge is 0.315 e. The van der Waals surface area contributed by atoms with Gasteiger partial charge in [-0.25, -0.2) is 4.79 Å². The first kappa shape index (κ1) is 14.3. The maximum absolute atomic E-state index is 11.4. The minimum Gasteiger partial charge on any atom is -0.496 e.